The molecule has 1 N–H and O–H groups in total. The molecule has 6 nitrogen and oxygen atoms in total. The number of aromatic nitrogens is 1. The van der Waals surface area contributed by atoms with Crippen molar-refractivity contribution >= 4 is 23.1 Å². The van der Waals surface area contributed by atoms with Crippen LogP contribution in [-0.4, -0.2) is 47.2 Å². The Bertz CT molecular complexity index is 1310. The first-order valence-corrected chi connectivity index (χ1v) is 13.7. The molecule has 198 valence electrons. The minimum atomic E-state index is -0.810. The van der Waals surface area contributed by atoms with Gasteiger partial charge in [-0.2, -0.15) is 0 Å². The highest BCUT2D eigenvalue weighted by atomic mass is 35.5. The van der Waals surface area contributed by atoms with Crippen molar-refractivity contribution in [2.24, 2.45) is 0 Å². The summed E-state index contributed by atoms with van der Waals surface area (Å²) in [5.74, 6) is 0.853. The third-order valence-electron chi connectivity index (χ3n) is 7.38. The first-order chi connectivity index (χ1) is 18.5. The van der Waals surface area contributed by atoms with E-state index >= 15 is 0 Å². The molecule has 0 saturated carbocycles. The third-order valence-corrected chi connectivity index (χ3v) is 7.63. The number of hydrogen-bond acceptors (Lipinski definition) is 6. The maximum atomic E-state index is 12.8. The summed E-state index contributed by atoms with van der Waals surface area (Å²) in [4.78, 5) is 19.7. The van der Waals surface area contributed by atoms with Crippen LogP contribution in [0.2, 0.25) is 5.02 Å². The number of rotatable bonds is 7. The van der Waals surface area contributed by atoms with Gasteiger partial charge in [0.15, 0.2) is 0 Å². The third kappa shape index (κ3) is 5.78. The molecule has 0 unspecified atom stereocenters. The van der Waals surface area contributed by atoms with Crippen LogP contribution in [0.5, 0.6) is 11.6 Å². The van der Waals surface area contributed by atoms with Crippen LogP contribution < -0.4 is 4.74 Å². The zero-order valence-electron chi connectivity index (χ0n) is 21.7. The van der Waals surface area contributed by atoms with Crippen LogP contribution in [0.25, 0.3) is 5.57 Å². The molecule has 1 saturated heterocycles. The monoisotopic (exact) mass is 532 g/mol. The van der Waals surface area contributed by atoms with Crippen LogP contribution in [0.3, 0.4) is 0 Å². The van der Waals surface area contributed by atoms with Gasteiger partial charge in [-0.25, -0.2) is 9.78 Å². The van der Waals surface area contributed by atoms with E-state index in [1.165, 1.54) is 0 Å². The number of aliphatic hydroxyl groups is 1. The summed E-state index contributed by atoms with van der Waals surface area (Å²) in [5, 5.41) is 11.9. The standard InChI is InChI=1S/C31H33ClN2O4/c1-2-20-37-30(35)26-7-3-9-28-27(26)21-22(25-8-4-16-33-29(25)38-28)6-5-17-34-18-14-31(36,15-19-34)23-10-12-24(32)13-11-23/h3-4,6-13,16,36H,2,5,14-15,17-21H2,1H3. The second-order valence-electron chi connectivity index (χ2n) is 9.95. The van der Waals surface area contributed by atoms with Crippen LogP contribution >= 0.6 is 11.6 Å². The number of benzene rings is 2. The zero-order valence-corrected chi connectivity index (χ0v) is 22.4. The number of fused-ring (bicyclic) bond motifs is 2. The molecule has 3 aromatic rings. The Morgan fingerprint density at radius 3 is 2.71 bits per heavy atom. The number of carbonyl (C=O) groups is 1. The van der Waals surface area contributed by atoms with Gasteiger partial charge in [0.05, 0.1) is 17.8 Å². The Labute approximate surface area is 228 Å². The van der Waals surface area contributed by atoms with Gasteiger partial charge < -0.3 is 19.5 Å². The first kappa shape index (κ1) is 26.4. The summed E-state index contributed by atoms with van der Waals surface area (Å²) < 4.78 is 11.6. The van der Waals surface area contributed by atoms with Crippen molar-refractivity contribution in [3.05, 3.63) is 94.1 Å². The van der Waals surface area contributed by atoms with E-state index in [1.54, 1.807) is 12.3 Å². The van der Waals surface area contributed by atoms with E-state index in [-0.39, 0.29) is 5.97 Å². The van der Waals surface area contributed by atoms with Gasteiger partial charge in [-0.05, 0) is 73.2 Å². The van der Waals surface area contributed by atoms with Crippen LogP contribution in [-0.2, 0) is 16.8 Å². The second kappa shape index (κ2) is 11.7. The Morgan fingerprint density at radius 2 is 1.95 bits per heavy atom. The number of ether oxygens (including phenoxy) is 2. The van der Waals surface area contributed by atoms with Crippen molar-refractivity contribution in [1.82, 2.24) is 9.88 Å². The number of pyridine rings is 1. The van der Waals surface area contributed by atoms with E-state index in [4.69, 9.17) is 21.1 Å². The Balaban J connectivity index is 1.30. The van der Waals surface area contributed by atoms with E-state index in [9.17, 15) is 9.90 Å². The number of piperidine rings is 1. The maximum Gasteiger partial charge on any atom is 0.338 e. The average Bonchev–Trinajstić information content (AvgIpc) is 3.09. The Morgan fingerprint density at radius 1 is 1.16 bits per heavy atom. The van der Waals surface area contributed by atoms with Crippen molar-refractivity contribution in [2.75, 3.05) is 26.2 Å². The largest absolute Gasteiger partial charge is 0.462 e. The summed E-state index contributed by atoms with van der Waals surface area (Å²) in [6.45, 7) is 4.88. The highest BCUT2D eigenvalue weighted by molar-refractivity contribution is 6.30. The normalized spacial score (nSPS) is 17.7. The summed E-state index contributed by atoms with van der Waals surface area (Å²) >= 11 is 6.02. The van der Waals surface area contributed by atoms with Gasteiger partial charge in [-0.15, -0.1) is 0 Å². The van der Waals surface area contributed by atoms with E-state index in [0.29, 0.717) is 48.1 Å². The minimum absolute atomic E-state index is 0.327. The highest BCUT2D eigenvalue weighted by Crippen LogP contribution is 2.39. The van der Waals surface area contributed by atoms with Gasteiger partial charge in [-0.1, -0.05) is 42.8 Å². The van der Waals surface area contributed by atoms with E-state index in [1.807, 2.05) is 55.5 Å². The van der Waals surface area contributed by atoms with Crippen LogP contribution in [0.15, 0.2) is 66.9 Å². The lowest BCUT2D eigenvalue weighted by Crippen LogP contribution is -2.42. The molecule has 0 atom stereocenters. The molecule has 0 amide bonds. The maximum absolute atomic E-state index is 12.8. The number of halogens is 1. The smallest absolute Gasteiger partial charge is 0.338 e. The molecule has 2 aliphatic rings. The predicted molar refractivity (Wildman–Crippen MR) is 149 cm³/mol. The summed E-state index contributed by atoms with van der Waals surface area (Å²) in [6.07, 6.45) is 7.47. The van der Waals surface area contributed by atoms with Crippen molar-refractivity contribution in [1.29, 1.82) is 0 Å². The zero-order chi connectivity index (χ0) is 26.5. The van der Waals surface area contributed by atoms with E-state index in [0.717, 1.165) is 54.7 Å². The van der Waals surface area contributed by atoms with Crippen LogP contribution in [0.1, 0.15) is 59.7 Å². The molecule has 0 aliphatic carbocycles. The van der Waals surface area contributed by atoms with Gasteiger partial charge >= 0.3 is 5.97 Å². The van der Waals surface area contributed by atoms with Crippen LogP contribution in [0.4, 0.5) is 0 Å². The summed E-state index contributed by atoms with van der Waals surface area (Å²) in [7, 11) is 0. The van der Waals surface area contributed by atoms with Crippen molar-refractivity contribution < 1.29 is 19.4 Å². The average molecular weight is 533 g/mol. The van der Waals surface area contributed by atoms with E-state index < -0.39 is 5.60 Å². The molecule has 1 aromatic heterocycles. The van der Waals surface area contributed by atoms with Crippen molar-refractivity contribution in [2.45, 2.75) is 44.6 Å². The lowest BCUT2D eigenvalue weighted by Gasteiger charge is -2.38. The SMILES string of the molecule is CCCOC(=O)c1cccc2c1CC(=CCCN1CCC(O)(c3ccc(Cl)cc3)CC1)c1cccnc1O2. The number of hydrogen-bond donors (Lipinski definition) is 1. The number of carbonyl (C=O) groups excluding carboxylic acids is 1. The highest BCUT2D eigenvalue weighted by Gasteiger charge is 2.33. The lowest BCUT2D eigenvalue weighted by atomic mass is 9.84. The molecule has 0 bridgehead atoms. The predicted octanol–water partition coefficient (Wildman–Crippen LogP) is 6.41. The van der Waals surface area contributed by atoms with Gasteiger partial charge in [0.1, 0.15) is 5.75 Å². The van der Waals surface area contributed by atoms with Gasteiger partial charge in [0.25, 0.3) is 0 Å². The number of esters is 1. The molecular formula is C31H33ClN2O4. The van der Waals surface area contributed by atoms with Gasteiger partial charge in [0, 0.05) is 48.4 Å². The topological polar surface area (TPSA) is 71.9 Å². The molecular weight excluding hydrogens is 500 g/mol. The number of nitrogens with zero attached hydrogens (tertiary/aromatic N) is 2. The van der Waals surface area contributed by atoms with Crippen molar-refractivity contribution in [3.63, 3.8) is 0 Å². The molecule has 0 radical (unpaired) electrons. The minimum Gasteiger partial charge on any atom is -0.462 e. The quantitative estimate of drug-likeness (QED) is 0.355. The van der Waals surface area contributed by atoms with Crippen LogP contribution in [0, 0.1) is 0 Å². The molecule has 38 heavy (non-hydrogen) atoms. The second-order valence-corrected chi connectivity index (χ2v) is 10.4. The van der Waals surface area contributed by atoms with Gasteiger partial charge in [-0.3, -0.25) is 0 Å². The fourth-order valence-electron chi connectivity index (χ4n) is 5.21. The molecule has 1 fully saturated rings. The van der Waals surface area contributed by atoms with Crippen molar-refractivity contribution in [3.8, 4) is 11.6 Å². The molecule has 7 heteroatoms. The Kier molecular flexibility index (Phi) is 8.12. The first-order valence-electron chi connectivity index (χ1n) is 13.3. The molecule has 5 rings (SSSR count). The number of allylic oxidation sites excluding steroid dienone is 1. The summed E-state index contributed by atoms with van der Waals surface area (Å²) in [6, 6.07) is 16.9. The molecule has 0 spiro atoms. The molecule has 2 aromatic carbocycles. The van der Waals surface area contributed by atoms with E-state index in [2.05, 4.69) is 16.0 Å². The van der Waals surface area contributed by atoms with Gasteiger partial charge in [0.2, 0.25) is 5.88 Å². The fraction of sp³-hybridized carbons (Fsp3) is 0.355. The lowest BCUT2D eigenvalue weighted by molar-refractivity contribution is -0.0254. The molecule has 2 aliphatic heterocycles. The summed E-state index contributed by atoms with van der Waals surface area (Å²) in [5.41, 5.74) is 3.49. The molecule has 3 heterocycles. The fourth-order valence-corrected chi connectivity index (χ4v) is 5.34. The Hall–Kier alpha value is -3.19. The number of likely N-dealkylation sites (tertiary alicyclic amines) is 1.